The summed E-state index contributed by atoms with van der Waals surface area (Å²) in [6.45, 7) is 0.977. The van der Waals surface area contributed by atoms with Gasteiger partial charge in [0.15, 0.2) is 6.61 Å². The Labute approximate surface area is 84.8 Å². The highest BCUT2D eigenvalue weighted by Gasteiger charge is 2.30. The Kier molecular flexibility index (Phi) is 5.10. The van der Waals surface area contributed by atoms with E-state index in [1.807, 2.05) is 0 Å². The molecule has 0 aromatic carbocycles. The molecule has 0 saturated heterocycles. The molecule has 0 aliphatic rings. The standard InChI is InChI=1S/C8H12F3NO3/c1-5(3-12-6(2)13)7(14)15-4-8(9,10)11/h5H,3-4H2,1-2H3,(H,12,13)/t5-/m0/s1. The SMILES string of the molecule is CC(=O)NC[C@H](C)C(=O)OCC(F)(F)F. The van der Waals surface area contributed by atoms with E-state index < -0.39 is 24.7 Å². The molecule has 7 heteroatoms. The van der Waals surface area contributed by atoms with Gasteiger partial charge in [-0.25, -0.2) is 0 Å². The topological polar surface area (TPSA) is 55.4 Å². The molecule has 88 valence electrons. The Morgan fingerprint density at radius 3 is 2.33 bits per heavy atom. The van der Waals surface area contributed by atoms with Gasteiger partial charge in [-0.1, -0.05) is 6.92 Å². The van der Waals surface area contributed by atoms with Crippen LogP contribution in [-0.4, -0.2) is 31.2 Å². The minimum atomic E-state index is -4.52. The van der Waals surface area contributed by atoms with Gasteiger partial charge in [-0.05, 0) is 0 Å². The molecule has 0 unspecified atom stereocenters. The average Bonchev–Trinajstić information content (AvgIpc) is 2.08. The first-order chi connectivity index (χ1) is 6.72. The first kappa shape index (κ1) is 13.7. The second kappa shape index (κ2) is 5.57. The van der Waals surface area contributed by atoms with Crippen molar-refractivity contribution in [2.24, 2.45) is 5.92 Å². The number of rotatable bonds is 4. The predicted molar refractivity (Wildman–Crippen MR) is 44.9 cm³/mol. The maximum Gasteiger partial charge on any atom is 0.422 e. The quantitative estimate of drug-likeness (QED) is 0.725. The van der Waals surface area contributed by atoms with Crippen molar-refractivity contribution in [3.8, 4) is 0 Å². The number of esters is 1. The van der Waals surface area contributed by atoms with Crippen molar-refractivity contribution in [3.05, 3.63) is 0 Å². The molecule has 1 atom stereocenters. The first-order valence-electron chi connectivity index (χ1n) is 4.20. The van der Waals surface area contributed by atoms with Gasteiger partial charge in [0, 0.05) is 13.5 Å². The molecule has 15 heavy (non-hydrogen) atoms. The van der Waals surface area contributed by atoms with Gasteiger partial charge in [-0.15, -0.1) is 0 Å². The fourth-order valence-electron chi connectivity index (χ4n) is 0.675. The fraction of sp³-hybridized carbons (Fsp3) is 0.750. The summed E-state index contributed by atoms with van der Waals surface area (Å²) in [7, 11) is 0. The highest BCUT2D eigenvalue weighted by atomic mass is 19.4. The number of carbonyl (C=O) groups is 2. The van der Waals surface area contributed by atoms with Gasteiger partial charge < -0.3 is 10.1 Å². The molecular weight excluding hydrogens is 215 g/mol. The Bertz CT molecular complexity index is 240. The zero-order valence-corrected chi connectivity index (χ0v) is 8.35. The molecule has 0 spiro atoms. The maximum absolute atomic E-state index is 11.6. The van der Waals surface area contributed by atoms with Crippen LogP contribution in [0.25, 0.3) is 0 Å². The van der Waals surface area contributed by atoms with Gasteiger partial charge in [0.05, 0.1) is 5.92 Å². The highest BCUT2D eigenvalue weighted by molar-refractivity contribution is 5.75. The number of hydrogen-bond acceptors (Lipinski definition) is 3. The molecule has 0 rings (SSSR count). The molecule has 0 radical (unpaired) electrons. The zero-order valence-electron chi connectivity index (χ0n) is 8.35. The van der Waals surface area contributed by atoms with Gasteiger partial charge in [-0.2, -0.15) is 13.2 Å². The Morgan fingerprint density at radius 2 is 1.93 bits per heavy atom. The molecule has 0 heterocycles. The van der Waals surface area contributed by atoms with Crippen LogP contribution in [0.2, 0.25) is 0 Å². The van der Waals surface area contributed by atoms with Crippen LogP contribution in [0.15, 0.2) is 0 Å². The van der Waals surface area contributed by atoms with Gasteiger partial charge in [0.2, 0.25) is 5.91 Å². The molecule has 1 amide bonds. The highest BCUT2D eigenvalue weighted by Crippen LogP contribution is 2.15. The van der Waals surface area contributed by atoms with Crippen LogP contribution < -0.4 is 5.32 Å². The third-order valence-electron chi connectivity index (χ3n) is 1.44. The van der Waals surface area contributed by atoms with Crippen LogP contribution >= 0.6 is 0 Å². The summed E-state index contributed by atoms with van der Waals surface area (Å²) in [6.07, 6.45) is -4.52. The second-order valence-corrected chi connectivity index (χ2v) is 3.06. The van der Waals surface area contributed by atoms with Crippen molar-refractivity contribution < 1.29 is 27.5 Å². The monoisotopic (exact) mass is 227 g/mol. The average molecular weight is 227 g/mol. The summed E-state index contributed by atoms with van der Waals surface area (Å²) >= 11 is 0. The molecule has 1 N–H and O–H groups in total. The van der Waals surface area contributed by atoms with E-state index in [9.17, 15) is 22.8 Å². The zero-order chi connectivity index (χ0) is 12.1. The molecule has 0 aliphatic heterocycles. The summed E-state index contributed by atoms with van der Waals surface area (Å²) in [4.78, 5) is 21.4. The number of nitrogens with one attached hydrogen (secondary N) is 1. The van der Waals surface area contributed by atoms with E-state index in [2.05, 4.69) is 10.1 Å². The predicted octanol–water partition coefficient (Wildman–Crippen LogP) is 0.864. The molecule has 0 bridgehead atoms. The molecule has 0 aliphatic carbocycles. The second-order valence-electron chi connectivity index (χ2n) is 3.06. The third-order valence-corrected chi connectivity index (χ3v) is 1.44. The minimum absolute atomic E-state index is 0.0357. The lowest BCUT2D eigenvalue weighted by Gasteiger charge is -2.12. The molecule has 0 saturated carbocycles. The molecular formula is C8H12F3NO3. The van der Waals surface area contributed by atoms with Crippen molar-refractivity contribution in [2.75, 3.05) is 13.2 Å². The Morgan fingerprint density at radius 1 is 1.40 bits per heavy atom. The van der Waals surface area contributed by atoms with E-state index in [-0.39, 0.29) is 12.5 Å². The number of carbonyl (C=O) groups excluding carboxylic acids is 2. The summed E-state index contributed by atoms with van der Waals surface area (Å²) in [5, 5.41) is 2.30. The van der Waals surface area contributed by atoms with Gasteiger partial charge >= 0.3 is 12.1 Å². The largest absolute Gasteiger partial charge is 0.456 e. The van der Waals surface area contributed by atoms with E-state index in [1.54, 1.807) is 0 Å². The molecule has 0 aromatic heterocycles. The van der Waals surface area contributed by atoms with E-state index in [0.29, 0.717) is 0 Å². The van der Waals surface area contributed by atoms with Crippen molar-refractivity contribution in [1.29, 1.82) is 0 Å². The molecule has 4 nitrogen and oxygen atoms in total. The smallest absolute Gasteiger partial charge is 0.422 e. The molecule has 0 fully saturated rings. The number of hydrogen-bond donors (Lipinski definition) is 1. The van der Waals surface area contributed by atoms with Gasteiger partial charge in [0.1, 0.15) is 0 Å². The van der Waals surface area contributed by atoms with Crippen LogP contribution in [0.1, 0.15) is 13.8 Å². The molecule has 0 aromatic rings. The first-order valence-corrected chi connectivity index (χ1v) is 4.20. The van der Waals surface area contributed by atoms with Crippen molar-refractivity contribution in [3.63, 3.8) is 0 Å². The third kappa shape index (κ3) is 7.77. The van der Waals surface area contributed by atoms with Crippen LogP contribution in [0.4, 0.5) is 13.2 Å². The van der Waals surface area contributed by atoms with Crippen LogP contribution in [-0.2, 0) is 14.3 Å². The van der Waals surface area contributed by atoms with Crippen molar-refractivity contribution >= 4 is 11.9 Å². The van der Waals surface area contributed by atoms with Crippen molar-refractivity contribution in [1.82, 2.24) is 5.32 Å². The maximum atomic E-state index is 11.6. The van der Waals surface area contributed by atoms with E-state index in [1.165, 1.54) is 13.8 Å². The summed E-state index contributed by atoms with van der Waals surface area (Å²) in [5.41, 5.74) is 0. The normalized spacial score (nSPS) is 13.1. The minimum Gasteiger partial charge on any atom is -0.456 e. The van der Waals surface area contributed by atoms with Crippen LogP contribution in [0.5, 0.6) is 0 Å². The summed E-state index contributed by atoms with van der Waals surface area (Å²) in [5.74, 6) is -2.14. The van der Waals surface area contributed by atoms with Crippen molar-refractivity contribution in [2.45, 2.75) is 20.0 Å². The van der Waals surface area contributed by atoms with Crippen LogP contribution in [0, 0.1) is 5.92 Å². The van der Waals surface area contributed by atoms with E-state index >= 15 is 0 Å². The number of halogens is 3. The van der Waals surface area contributed by atoms with Gasteiger partial charge in [-0.3, -0.25) is 9.59 Å². The van der Waals surface area contributed by atoms with Gasteiger partial charge in [0.25, 0.3) is 0 Å². The lowest BCUT2D eigenvalue weighted by molar-refractivity contribution is -0.188. The number of amides is 1. The lowest BCUT2D eigenvalue weighted by atomic mass is 10.2. The number of alkyl halides is 3. The Balaban J connectivity index is 3.84. The lowest BCUT2D eigenvalue weighted by Crippen LogP contribution is -2.32. The number of ether oxygens (including phenoxy) is 1. The van der Waals surface area contributed by atoms with Crippen LogP contribution in [0.3, 0.4) is 0 Å². The van der Waals surface area contributed by atoms with E-state index in [0.717, 1.165) is 0 Å². The van der Waals surface area contributed by atoms with E-state index in [4.69, 9.17) is 0 Å². The fourth-order valence-corrected chi connectivity index (χ4v) is 0.675. The summed E-state index contributed by atoms with van der Waals surface area (Å²) in [6, 6.07) is 0. The Hall–Kier alpha value is -1.27. The summed E-state index contributed by atoms with van der Waals surface area (Å²) < 4.78 is 38.9.